The minimum atomic E-state index is -1.04. The second-order valence-electron chi connectivity index (χ2n) is 10.8. The number of carbonyl (C=O) groups is 3. The van der Waals surface area contributed by atoms with Gasteiger partial charge in [-0.3, -0.25) is 9.59 Å². The van der Waals surface area contributed by atoms with Gasteiger partial charge in [-0.15, -0.1) is 0 Å². The normalized spacial score (nSPS) is 12.4. The maximum absolute atomic E-state index is 12.9. The quantitative estimate of drug-likeness (QED) is 0.308. The predicted octanol–water partition coefficient (Wildman–Crippen LogP) is 5.84. The zero-order chi connectivity index (χ0) is 27.8. The molecule has 2 amide bonds. The lowest BCUT2D eigenvalue weighted by Gasteiger charge is -2.27. The van der Waals surface area contributed by atoms with Gasteiger partial charge in [0, 0.05) is 25.4 Å². The third-order valence-electron chi connectivity index (χ3n) is 7.33. The van der Waals surface area contributed by atoms with Gasteiger partial charge in [-0.05, 0) is 46.1 Å². The highest BCUT2D eigenvalue weighted by atomic mass is 16.5. The first kappa shape index (κ1) is 27.9. The van der Waals surface area contributed by atoms with Gasteiger partial charge in [-0.2, -0.15) is 0 Å². The summed E-state index contributed by atoms with van der Waals surface area (Å²) in [4.78, 5) is 38.1. The van der Waals surface area contributed by atoms with Crippen molar-refractivity contribution >= 4 is 18.0 Å². The number of carboxylic acids is 1. The minimum absolute atomic E-state index is 0.00948. The lowest BCUT2D eigenvalue weighted by atomic mass is 9.84. The molecule has 7 heteroatoms. The fraction of sp³-hybridized carbons (Fsp3) is 0.344. The molecule has 0 saturated carbocycles. The van der Waals surface area contributed by atoms with Gasteiger partial charge >= 0.3 is 12.1 Å². The zero-order valence-electron chi connectivity index (χ0n) is 22.6. The van der Waals surface area contributed by atoms with Crippen LogP contribution >= 0.6 is 0 Å². The highest BCUT2D eigenvalue weighted by molar-refractivity contribution is 5.81. The zero-order valence-corrected chi connectivity index (χ0v) is 22.6. The van der Waals surface area contributed by atoms with Crippen molar-refractivity contribution in [3.05, 3.63) is 95.6 Å². The average molecular weight is 529 g/mol. The topological polar surface area (TPSA) is 95.9 Å². The summed E-state index contributed by atoms with van der Waals surface area (Å²) in [6.45, 7) is 4.68. The molecule has 3 aromatic rings. The minimum Gasteiger partial charge on any atom is -0.480 e. The molecule has 3 aromatic carbocycles. The Balaban J connectivity index is 1.22. The molecule has 4 rings (SSSR count). The molecule has 0 fully saturated rings. The van der Waals surface area contributed by atoms with Gasteiger partial charge in [0.05, 0.1) is 0 Å². The summed E-state index contributed by atoms with van der Waals surface area (Å²) in [6.07, 6.45) is 1.00. The molecule has 2 N–H and O–H groups in total. The molecule has 0 atom stereocenters. The second-order valence-corrected chi connectivity index (χ2v) is 10.8. The van der Waals surface area contributed by atoms with E-state index in [9.17, 15) is 19.5 Å². The van der Waals surface area contributed by atoms with Crippen molar-refractivity contribution in [3.8, 4) is 11.1 Å². The van der Waals surface area contributed by atoms with Crippen LogP contribution in [-0.2, 0) is 20.9 Å². The molecule has 0 aromatic heterocycles. The second kappa shape index (κ2) is 12.6. The summed E-state index contributed by atoms with van der Waals surface area (Å²) in [7, 11) is 0. The van der Waals surface area contributed by atoms with Crippen molar-refractivity contribution in [1.29, 1.82) is 0 Å². The van der Waals surface area contributed by atoms with E-state index >= 15 is 0 Å². The van der Waals surface area contributed by atoms with Crippen molar-refractivity contribution in [3.63, 3.8) is 0 Å². The van der Waals surface area contributed by atoms with E-state index < -0.39 is 12.1 Å². The van der Waals surface area contributed by atoms with Crippen LogP contribution in [0.15, 0.2) is 78.9 Å². The van der Waals surface area contributed by atoms with E-state index in [0.717, 1.165) is 5.56 Å². The standard InChI is InChI=1S/C32H36N2O5/c1-32(2,17-16-29(35)34(21-30(36)37)20-23-10-4-3-5-11-23)18-19-33-31(38)39-22-28-26-14-8-6-12-24(26)25-13-7-9-15-27(25)28/h3-15,28H,16-22H2,1-2H3,(H,33,38)(H,36,37). The first-order chi connectivity index (χ1) is 18.7. The number of rotatable bonds is 12. The molecule has 1 aliphatic carbocycles. The predicted molar refractivity (Wildman–Crippen MR) is 150 cm³/mol. The first-order valence-electron chi connectivity index (χ1n) is 13.4. The number of carboxylic acid groups (broad SMARTS) is 1. The molecule has 0 spiro atoms. The summed E-state index contributed by atoms with van der Waals surface area (Å²) < 4.78 is 5.61. The fourth-order valence-corrected chi connectivity index (χ4v) is 5.08. The van der Waals surface area contributed by atoms with Crippen LogP contribution in [0.3, 0.4) is 0 Å². The van der Waals surface area contributed by atoms with Crippen LogP contribution in [-0.4, -0.2) is 47.7 Å². The molecule has 204 valence electrons. The van der Waals surface area contributed by atoms with Gasteiger partial charge in [0.1, 0.15) is 13.2 Å². The Kier molecular flexibility index (Phi) is 9.02. The van der Waals surface area contributed by atoms with Gasteiger partial charge in [-0.1, -0.05) is 92.7 Å². The number of benzene rings is 3. The third kappa shape index (κ3) is 7.47. The number of amides is 2. The highest BCUT2D eigenvalue weighted by Gasteiger charge is 2.29. The van der Waals surface area contributed by atoms with Crippen LogP contribution in [0.4, 0.5) is 4.79 Å². The molecule has 0 radical (unpaired) electrons. The first-order valence-corrected chi connectivity index (χ1v) is 13.4. The molecule has 0 bridgehead atoms. The molecular formula is C32H36N2O5. The van der Waals surface area contributed by atoms with Gasteiger partial charge in [0.15, 0.2) is 0 Å². The maximum Gasteiger partial charge on any atom is 0.407 e. The van der Waals surface area contributed by atoms with Crippen LogP contribution in [0.2, 0.25) is 0 Å². The summed E-state index contributed by atoms with van der Waals surface area (Å²) in [5.41, 5.74) is 5.36. The third-order valence-corrected chi connectivity index (χ3v) is 7.33. The Morgan fingerprint density at radius 1 is 0.872 bits per heavy atom. The molecule has 0 unspecified atom stereocenters. The number of nitrogens with zero attached hydrogens (tertiary/aromatic N) is 1. The number of nitrogens with one attached hydrogen (secondary N) is 1. The Labute approximate surface area is 229 Å². The Morgan fingerprint density at radius 3 is 2.08 bits per heavy atom. The molecule has 0 aliphatic heterocycles. The van der Waals surface area contributed by atoms with Crippen LogP contribution in [0.1, 0.15) is 55.7 Å². The monoisotopic (exact) mass is 528 g/mol. The molecule has 1 aliphatic rings. The van der Waals surface area contributed by atoms with Crippen LogP contribution < -0.4 is 5.32 Å². The van der Waals surface area contributed by atoms with Crippen molar-refractivity contribution in [2.45, 2.75) is 45.6 Å². The largest absolute Gasteiger partial charge is 0.480 e. The van der Waals surface area contributed by atoms with E-state index in [1.165, 1.54) is 27.2 Å². The van der Waals surface area contributed by atoms with Crippen molar-refractivity contribution in [2.24, 2.45) is 5.41 Å². The van der Waals surface area contributed by atoms with Gasteiger partial charge in [-0.25, -0.2) is 4.79 Å². The van der Waals surface area contributed by atoms with Gasteiger partial charge in [0.2, 0.25) is 5.91 Å². The van der Waals surface area contributed by atoms with E-state index in [-0.39, 0.29) is 43.4 Å². The summed E-state index contributed by atoms with van der Waals surface area (Å²) >= 11 is 0. The van der Waals surface area contributed by atoms with Crippen molar-refractivity contribution in [1.82, 2.24) is 10.2 Å². The van der Waals surface area contributed by atoms with E-state index in [2.05, 4.69) is 29.6 Å². The van der Waals surface area contributed by atoms with E-state index in [0.29, 0.717) is 19.4 Å². The Hall–Kier alpha value is -4.13. The molecule has 39 heavy (non-hydrogen) atoms. The van der Waals surface area contributed by atoms with Crippen molar-refractivity contribution < 1.29 is 24.2 Å². The van der Waals surface area contributed by atoms with Gasteiger partial charge < -0.3 is 20.1 Å². The fourth-order valence-electron chi connectivity index (χ4n) is 5.08. The molecular weight excluding hydrogens is 492 g/mol. The number of aliphatic carboxylic acids is 1. The molecule has 0 heterocycles. The Morgan fingerprint density at radius 2 is 1.46 bits per heavy atom. The van der Waals surface area contributed by atoms with Crippen LogP contribution in [0.25, 0.3) is 11.1 Å². The van der Waals surface area contributed by atoms with E-state index in [1.807, 2.05) is 68.4 Å². The van der Waals surface area contributed by atoms with Crippen molar-refractivity contribution in [2.75, 3.05) is 19.7 Å². The van der Waals surface area contributed by atoms with Crippen LogP contribution in [0, 0.1) is 5.41 Å². The van der Waals surface area contributed by atoms with Crippen LogP contribution in [0.5, 0.6) is 0 Å². The van der Waals surface area contributed by atoms with E-state index in [4.69, 9.17) is 4.74 Å². The molecule has 7 nitrogen and oxygen atoms in total. The Bertz CT molecular complexity index is 1260. The SMILES string of the molecule is CC(C)(CCNC(=O)OCC1c2ccccc2-c2ccccc21)CCC(=O)N(CC(=O)O)Cc1ccccc1. The summed E-state index contributed by atoms with van der Waals surface area (Å²) in [6, 6.07) is 25.8. The summed E-state index contributed by atoms with van der Waals surface area (Å²) in [5, 5.41) is 12.1. The summed E-state index contributed by atoms with van der Waals surface area (Å²) in [5.74, 6) is -1.22. The number of ether oxygens (including phenoxy) is 1. The number of hydrogen-bond acceptors (Lipinski definition) is 4. The maximum atomic E-state index is 12.9. The number of hydrogen-bond donors (Lipinski definition) is 2. The number of fused-ring (bicyclic) bond motifs is 3. The molecule has 0 saturated heterocycles. The number of carbonyl (C=O) groups excluding carboxylic acids is 2. The van der Waals surface area contributed by atoms with Gasteiger partial charge in [0.25, 0.3) is 0 Å². The lowest BCUT2D eigenvalue weighted by molar-refractivity contribution is -0.145. The number of alkyl carbamates (subject to hydrolysis) is 1. The smallest absolute Gasteiger partial charge is 0.407 e. The van der Waals surface area contributed by atoms with E-state index in [1.54, 1.807) is 0 Å². The lowest BCUT2D eigenvalue weighted by Crippen LogP contribution is -2.36. The highest BCUT2D eigenvalue weighted by Crippen LogP contribution is 2.44. The average Bonchev–Trinajstić information content (AvgIpc) is 3.24.